The number of carbonyl (C=O) groups excluding carboxylic acids is 1. The van der Waals surface area contributed by atoms with Gasteiger partial charge in [-0.3, -0.25) is 4.89 Å². The SMILES string of the molecule is O=C(C=CC1CCCCC1)OOCC1OC(OC2CC3C(OC4OC(CO)C(O)C(O)C4O)CC(O)CC3OC2C2CCC(O)CC2)C(O)C(O)C1O. The highest BCUT2D eigenvalue weighted by Gasteiger charge is 2.53. The summed E-state index contributed by atoms with van der Waals surface area (Å²) in [5, 5.41) is 94.6. The maximum absolute atomic E-state index is 12.3. The van der Waals surface area contributed by atoms with Crippen LogP contribution >= 0.6 is 0 Å². The molecule has 16 unspecified atom stereocenters. The first-order chi connectivity index (χ1) is 25.4. The Morgan fingerprint density at radius 3 is 1.92 bits per heavy atom. The second-order valence-electron chi connectivity index (χ2n) is 15.7. The van der Waals surface area contributed by atoms with Crippen LogP contribution in [-0.4, -0.2) is 163 Å². The molecule has 304 valence electrons. The van der Waals surface area contributed by atoms with E-state index in [9.17, 15) is 50.8 Å². The Bertz CT molecular complexity index is 1180. The van der Waals surface area contributed by atoms with Crippen LogP contribution in [0.4, 0.5) is 0 Å². The number of hydrogen-bond acceptors (Lipinski definition) is 17. The van der Waals surface area contributed by atoms with Crippen LogP contribution in [-0.2, 0) is 38.3 Å². The molecule has 6 fully saturated rings. The Hall–Kier alpha value is -1.39. The van der Waals surface area contributed by atoms with Gasteiger partial charge in [-0.15, -0.1) is 0 Å². The highest BCUT2D eigenvalue weighted by Crippen LogP contribution is 2.45. The van der Waals surface area contributed by atoms with Gasteiger partial charge in [0.05, 0.1) is 43.2 Å². The molecule has 3 heterocycles. The topological polar surface area (TPSA) is 264 Å². The molecule has 3 aliphatic carbocycles. The summed E-state index contributed by atoms with van der Waals surface area (Å²) in [6.45, 7) is -1.12. The normalized spacial score (nSPS) is 47.3. The molecule has 17 heteroatoms. The lowest BCUT2D eigenvalue weighted by Crippen LogP contribution is -2.63. The lowest BCUT2D eigenvalue weighted by molar-refractivity contribution is -0.356. The predicted octanol–water partition coefficient (Wildman–Crippen LogP) is -1.54. The zero-order chi connectivity index (χ0) is 37.8. The summed E-state index contributed by atoms with van der Waals surface area (Å²) < 4.78 is 30.8. The van der Waals surface area contributed by atoms with Crippen LogP contribution in [0.2, 0.25) is 0 Å². The minimum Gasteiger partial charge on any atom is -0.394 e. The molecule has 6 rings (SSSR count). The Labute approximate surface area is 308 Å². The number of rotatable bonds is 11. The Morgan fingerprint density at radius 2 is 1.26 bits per heavy atom. The fourth-order valence-electron chi connectivity index (χ4n) is 8.93. The minimum atomic E-state index is -1.71. The largest absolute Gasteiger partial charge is 0.394 e. The number of fused-ring (bicyclic) bond motifs is 1. The lowest BCUT2D eigenvalue weighted by atomic mass is 9.73. The standard InChI is InChI=1S/C36H58O17/c37-15-25-28(41)30(43)32(45)35(51-25)49-23-13-20(39)12-22-21(23)14-24(34(48-22)18-7-9-19(38)10-8-18)50-36-33(46)31(44)29(42)26(52-36)16-47-53-27(40)11-6-17-4-2-1-3-5-17/h6,11,17-26,28-39,41-46H,1-5,7-10,12-16H2. The molecule has 17 nitrogen and oxygen atoms in total. The van der Waals surface area contributed by atoms with Crippen molar-refractivity contribution in [3.63, 3.8) is 0 Å². The number of carbonyl (C=O) groups is 1. The molecule has 3 saturated carbocycles. The first kappa shape index (κ1) is 41.2. The molecule has 53 heavy (non-hydrogen) atoms. The van der Waals surface area contributed by atoms with Gasteiger partial charge in [0.2, 0.25) is 0 Å². The second kappa shape index (κ2) is 18.7. The molecule has 6 aliphatic rings. The third-order valence-electron chi connectivity index (χ3n) is 12.0. The van der Waals surface area contributed by atoms with Crippen LogP contribution in [0.3, 0.4) is 0 Å². The van der Waals surface area contributed by atoms with Gasteiger partial charge in [-0.2, -0.15) is 4.89 Å². The van der Waals surface area contributed by atoms with Crippen molar-refractivity contribution in [3.05, 3.63) is 12.2 Å². The molecular weight excluding hydrogens is 704 g/mol. The highest BCUT2D eigenvalue weighted by molar-refractivity contribution is 5.81. The maximum atomic E-state index is 12.3. The number of aliphatic hydroxyl groups is 9. The molecule has 0 amide bonds. The minimum absolute atomic E-state index is 0.0790. The van der Waals surface area contributed by atoms with Crippen molar-refractivity contribution in [3.8, 4) is 0 Å². The van der Waals surface area contributed by atoms with Crippen molar-refractivity contribution in [2.75, 3.05) is 13.2 Å². The van der Waals surface area contributed by atoms with E-state index in [1.165, 1.54) is 12.5 Å². The van der Waals surface area contributed by atoms with Gasteiger partial charge in [-0.1, -0.05) is 25.3 Å². The average Bonchev–Trinajstić information content (AvgIpc) is 3.15. The van der Waals surface area contributed by atoms with Gasteiger partial charge in [0.15, 0.2) is 12.6 Å². The van der Waals surface area contributed by atoms with Crippen LogP contribution < -0.4 is 0 Å². The summed E-state index contributed by atoms with van der Waals surface area (Å²) in [7, 11) is 0. The molecule has 0 bridgehead atoms. The third kappa shape index (κ3) is 9.95. The Balaban J connectivity index is 1.14. The molecule has 0 aromatic rings. The molecule has 0 aromatic heterocycles. The molecule has 16 atom stereocenters. The van der Waals surface area contributed by atoms with E-state index in [1.807, 2.05) is 0 Å². The number of allylic oxidation sites excluding steroid dienone is 1. The monoisotopic (exact) mass is 762 g/mol. The number of ether oxygens (including phenoxy) is 5. The zero-order valence-electron chi connectivity index (χ0n) is 29.8. The fourth-order valence-corrected chi connectivity index (χ4v) is 8.93. The van der Waals surface area contributed by atoms with Crippen molar-refractivity contribution < 1.29 is 84.2 Å². The van der Waals surface area contributed by atoms with Gasteiger partial charge < -0.3 is 69.6 Å². The average molecular weight is 763 g/mol. The Morgan fingerprint density at radius 1 is 0.642 bits per heavy atom. The van der Waals surface area contributed by atoms with Gasteiger partial charge in [-0.05, 0) is 63.2 Å². The van der Waals surface area contributed by atoms with Gasteiger partial charge in [0, 0.05) is 18.4 Å². The third-order valence-corrected chi connectivity index (χ3v) is 12.0. The number of hydrogen-bond donors (Lipinski definition) is 9. The van der Waals surface area contributed by atoms with Crippen LogP contribution in [0.25, 0.3) is 0 Å². The fraction of sp³-hybridized carbons (Fsp3) is 0.917. The molecule has 0 aromatic carbocycles. The van der Waals surface area contributed by atoms with E-state index in [4.69, 9.17) is 33.5 Å². The van der Waals surface area contributed by atoms with E-state index in [2.05, 4.69) is 0 Å². The molecule has 9 N–H and O–H groups in total. The van der Waals surface area contributed by atoms with Crippen molar-refractivity contribution >= 4 is 5.97 Å². The first-order valence-electron chi connectivity index (χ1n) is 19.3. The summed E-state index contributed by atoms with van der Waals surface area (Å²) in [4.78, 5) is 22.2. The highest BCUT2D eigenvalue weighted by atomic mass is 17.2. The molecule has 0 spiro atoms. The smallest absolute Gasteiger partial charge is 0.365 e. The number of aliphatic hydroxyl groups excluding tert-OH is 9. The van der Waals surface area contributed by atoms with Crippen molar-refractivity contribution in [1.29, 1.82) is 0 Å². The van der Waals surface area contributed by atoms with E-state index >= 15 is 0 Å². The van der Waals surface area contributed by atoms with Crippen molar-refractivity contribution in [2.24, 2.45) is 17.8 Å². The van der Waals surface area contributed by atoms with Crippen LogP contribution in [0.15, 0.2) is 12.2 Å². The molecule has 3 aliphatic heterocycles. The van der Waals surface area contributed by atoms with E-state index in [0.717, 1.165) is 25.7 Å². The van der Waals surface area contributed by atoms with Gasteiger partial charge in [0.25, 0.3) is 0 Å². The van der Waals surface area contributed by atoms with Gasteiger partial charge in [-0.25, -0.2) is 4.79 Å². The van der Waals surface area contributed by atoms with Gasteiger partial charge in [0.1, 0.15) is 55.4 Å². The zero-order valence-corrected chi connectivity index (χ0v) is 29.8. The maximum Gasteiger partial charge on any atom is 0.365 e. The Kier molecular flexibility index (Phi) is 14.6. The van der Waals surface area contributed by atoms with Crippen LogP contribution in [0.5, 0.6) is 0 Å². The van der Waals surface area contributed by atoms with E-state index in [1.54, 1.807) is 6.08 Å². The van der Waals surface area contributed by atoms with E-state index in [-0.39, 0.29) is 25.2 Å². The lowest BCUT2D eigenvalue weighted by Gasteiger charge is -2.52. The van der Waals surface area contributed by atoms with E-state index in [0.29, 0.717) is 31.6 Å². The second-order valence-corrected chi connectivity index (χ2v) is 15.7. The summed E-state index contributed by atoms with van der Waals surface area (Å²) in [6, 6.07) is 0. The quantitative estimate of drug-likeness (QED) is 0.0656. The van der Waals surface area contributed by atoms with Crippen molar-refractivity contribution in [2.45, 2.75) is 175 Å². The van der Waals surface area contributed by atoms with Crippen molar-refractivity contribution in [1.82, 2.24) is 0 Å². The summed E-state index contributed by atoms with van der Waals surface area (Å²) in [5.74, 6) is -0.992. The first-order valence-corrected chi connectivity index (χ1v) is 19.3. The molecular formula is C36H58O17. The predicted molar refractivity (Wildman–Crippen MR) is 178 cm³/mol. The summed E-state index contributed by atoms with van der Waals surface area (Å²) >= 11 is 0. The molecule has 0 radical (unpaired) electrons. The molecule has 3 saturated heterocycles. The summed E-state index contributed by atoms with van der Waals surface area (Å²) in [5.41, 5.74) is 0. The van der Waals surface area contributed by atoms with E-state index < -0.39 is 123 Å². The van der Waals surface area contributed by atoms with Crippen LogP contribution in [0, 0.1) is 17.8 Å². The summed E-state index contributed by atoms with van der Waals surface area (Å²) in [6.07, 6.45) is -7.94. The van der Waals surface area contributed by atoms with Gasteiger partial charge >= 0.3 is 5.97 Å². The van der Waals surface area contributed by atoms with Crippen LogP contribution in [0.1, 0.15) is 77.0 Å².